The quantitative estimate of drug-likeness (QED) is 0.528. The first-order chi connectivity index (χ1) is 5.21. The van der Waals surface area contributed by atoms with E-state index < -0.39 is 0 Å². The summed E-state index contributed by atoms with van der Waals surface area (Å²) in [4.78, 5) is 4.22. The van der Waals surface area contributed by atoms with Crippen molar-refractivity contribution in [2.24, 2.45) is 15.8 Å². The zero-order valence-electron chi connectivity index (χ0n) is 9.18. The van der Waals surface area contributed by atoms with Gasteiger partial charge in [-0.3, -0.25) is 4.99 Å². The van der Waals surface area contributed by atoms with Gasteiger partial charge in [0.1, 0.15) is 0 Å². The number of aliphatic imine (C=N–C) groups is 1. The maximum absolute atomic E-state index is 4.22. The molecule has 0 aromatic carbocycles. The maximum atomic E-state index is 4.22. The maximum Gasteiger partial charge on any atom is 0.0229 e. The molecule has 0 radical (unpaired) electrons. The number of rotatable bonds is 1. The Morgan fingerprint density at radius 2 is 1.33 bits per heavy atom. The van der Waals surface area contributed by atoms with Crippen molar-refractivity contribution in [1.82, 2.24) is 0 Å². The molecule has 0 saturated carbocycles. The lowest BCUT2D eigenvalue weighted by Gasteiger charge is -2.11. The first-order valence-electron chi connectivity index (χ1n) is 4.43. The van der Waals surface area contributed by atoms with Crippen LogP contribution in [-0.4, -0.2) is 6.21 Å². The summed E-state index contributed by atoms with van der Waals surface area (Å²) < 4.78 is 0. The highest BCUT2D eigenvalue weighted by Gasteiger charge is 2.05. The topological polar surface area (TPSA) is 12.4 Å². The van der Waals surface area contributed by atoms with E-state index in [1.807, 2.05) is 12.4 Å². The minimum atomic E-state index is 0.183. The highest BCUT2D eigenvalue weighted by molar-refractivity contribution is 5.64. The lowest BCUT2D eigenvalue weighted by molar-refractivity contribution is 0.543. The molecule has 0 fully saturated rings. The minimum absolute atomic E-state index is 0.183. The average molecular weight is 167 g/mol. The summed E-state index contributed by atoms with van der Waals surface area (Å²) in [5, 5.41) is 0. The average Bonchev–Trinajstić information content (AvgIpc) is 1.76. The predicted molar refractivity (Wildman–Crippen MR) is 56.5 cm³/mol. The Kier molecular flexibility index (Phi) is 3.69. The minimum Gasteiger partial charge on any atom is -0.269 e. The molecule has 0 aromatic heterocycles. The van der Waals surface area contributed by atoms with Gasteiger partial charge in [-0.1, -0.05) is 47.6 Å². The Balaban J connectivity index is 4.00. The Hall–Kier alpha value is -0.590. The van der Waals surface area contributed by atoms with E-state index in [0.717, 1.165) is 0 Å². The molecule has 0 aliphatic carbocycles. The molecule has 0 aliphatic heterocycles. The fraction of sp³-hybridized carbons (Fsp3) is 0.727. The Bertz CT molecular complexity index is 152. The van der Waals surface area contributed by atoms with Crippen LogP contribution in [0.2, 0.25) is 0 Å². The SMILES string of the molecule is CC(C)(C)C=N/C=C/C(C)(C)C. The number of allylic oxidation sites excluding steroid dienone is 1. The van der Waals surface area contributed by atoms with Gasteiger partial charge in [-0.15, -0.1) is 0 Å². The van der Waals surface area contributed by atoms with Crippen molar-refractivity contribution in [2.45, 2.75) is 41.5 Å². The molecule has 0 aromatic rings. The largest absolute Gasteiger partial charge is 0.269 e. The summed E-state index contributed by atoms with van der Waals surface area (Å²) in [6.45, 7) is 12.9. The van der Waals surface area contributed by atoms with Gasteiger partial charge in [0.15, 0.2) is 0 Å². The molecule has 1 heteroatoms. The second-order valence-corrected chi connectivity index (χ2v) is 5.33. The molecule has 0 atom stereocenters. The Labute approximate surface area is 76.6 Å². The Morgan fingerprint density at radius 1 is 0.833 bits per heavy atom. The zero-order chi connectivity index (χ0) is 9.83. The van der Waals surface area contributed by atoms with E-state index in [4.69, 9.17) is 0 Å². The molecule has 0 heterocycles. The van der Waals surface area contributed by atoms with Gasteiger partial charge in [-0.2, -0.15) is 0 Å². The van der Waals surface area contributed by atoms with Gasteiger partial charge in [-0.05, 0) is 10.8 Å². The third-order valence-electron chi connectivity index (χ3n) is 1.12. The van der Waals surface area contributed by atoms with Gasteiger partial charge in [0.05, 0.1) is 0 Å². The van der Waals surface area contributed by atoms with Gasteiger partial charge < -0.3 is 0 Å². The number of nitrogens with zero attached hydrogens (tertiary/aromatic N) is 1. The van der Waals surface area contributed by atoms with Crippen LogP contribution in [0.1, 0.15) is 41.5 Å². The predicted octanol–water partition coefficient (Wildman–Crippen LogP) is 3.66. The monoisotopic (exact) mass is 167 g/mol. The number of hydrogen-bond acceptors (Lipinski definition) is 1. The molecule has 0 bridgehead atoms. The van der Waals surface area contributed by atoms with Crippen LogP contribution in [-0.2, 0) is 0 Å². The molecule has 70 valence electrons. The highest BCUT2D eigenvalue weighted by Crippen LogP contribution is 2.14. The zero-order valence-corrected chi connectivity index (χ0v) is 9.18. The first kappa shape index (κ1) is 11.4. The third kappa shape index (κ3) is 9.41. The smallest absolute Gasteiger partial charge is 0.0229 e. The third-order valence-corrected chi connectivity index (χ3v) is 1.12. The molecular formula is C11H21N. The van der Waals surface area contributed by atoms with Crippen molar-refractivity contribution in [1.29, 1.82) is 0 Å². The van der Waals surface area contributed by atoms with E-state index in [1.54, 1.807) is 0 Å². The van der Waals surface area contributed by atoms with Gasteiger partial charge >= 0.3 is 0 Å². The van der Waals surface area contributed by atoms with E-state index in [9.17, 15) is 0 Å². The standard InChI is InChI=1S/C11H21N/c1-10(2,3)7-8-12-9-11(4,5)6/h7-9H,1-6H3/b8-7+,12-9?. The summed E-state index contributed by atoms with van der Waals surface area (Å²) in [6.07, 6.45) is 5.95. The van der Waals surface area contributed by atoms with Gasteiger partial charge in [-0.25, -0.2) is 0 Å². The van der Waals surface area contributed by atoms with Crippen molar-refractivity contribution in [3.05, 3.63) is 12.3 Å². The molecule has 0 N–H and O–H groups in total. The first-order valence-corrected chi connectivity index (χ1v) is 4.43. The van der Waals surface area contributed by atoms with Crippen molar-refractivity contribution in [3.63, 3.8) is 0 Å². The second kappa shape index (κ2) is 3.88. The summed E-state index contributed by atoms with van der Waals surface area (Å²) in [6, 6.07) is 0. The van der Waals surface area contributed by atoms with Crippen molar-refractivity contribution >= 4 is 6.21 Å². The summed E-state index contributed by atoms with van der Waals surface area (Å²) in [5.74, 6) is 0. The van der Waals surface area contributed by atoms with E-state index in [0.29, 0.717) is 0 Å². The van der Waals surface area contributed by atoms with Crippen LogP contribution in [0.3, 0.4) is 0 Å². The van der Waals surface area contributed by atoms with Crippen LogP contribution in [0.4, 0.5) is 0 Å². The molecule has 0 unspecified atom stereocenters. The van der Waals surface area contributed by atoms with Crippen LogP contribution < -0.4 is 0 Å². The van der Waals surface area contributed by atoms with E-state index in [2.05, 4.69) is 52.6 Å². The van der Waals surface area contributed by atoms with Crippen LogP contribution in [0.15, 0.2) is 17.3 Å². The highest BCUT2D eigenvalue weighted by atomic mass is 14.7. The lowest BCUT2D eigenvalue weighted by atomic mass is 9.97. The van der Waals surface area contributed by atoms with Crippen LogP contribution in [0, 0.1) is 10.8 Å². The molecule has 0 rings (SSSR count). The fourth-order valence-corrected chi connectivity index (χ4v) is 0.533. The molecule has 0 aliphatic rings. The molecule has 0 spiro atoms. The molecule has 12 heavy (non-hydrogen) atoms. The van der Waals surface area contributed by atoms with Crippen LogP contribution >= 0.6 is 0 Å². The molecular weight excluding hydrogens is 146 g/mol. The van der Waals surface area contributed by atoms with E-state index in [1.165, 1.54) is 0 Å². The number of hydrogen-bond donors (Lipinski definition) is 0. The van der Waals surface area contributed by atoms with E-state index >= 15 is 0 Å². The van der Waals surface area contributed by atoms with Gasteiger partial charge in [0.2, 0.25) is 0 Å². The normalized spacial score (nSPS) is 14.8. The summed E-state index contributed by atoms with van der Waals surface area (Å²) in [7, 11) is 0. The molecule has 0 saturated heterocycles. The van der Waals surface area contributed by atoms with Gasteiger partial charge in [0.25, 0.3) is 0 Å². The lowest BCUT2D eigenvalue weighted by Crippen LogP contribution is -2.05. The van der Waals surface area contributed by atoms with Crippen LogP contribution in [0.5, 0.6) is 0 Å². The van der Waals surface area contributed by atoms with Crippen LogP contribution in [0.25, 0.3) is 0 Å². The van der Waals surface area contributed by atoms with Gasteiger partial charge in [0, 0.05) is 12.4 Å². The Morgan fingerprint density at radius 3 is 1.67 bits per heavy atom. The summed E-state index contributed by atoms with van der Waals surface area (Å²) >= 11 is 0. The second-order valence-electron chi connectivity index (χ2n) is 5.33. The fourth-order valence-electron chi connectivity index (χ4n) is 0.533. The van der Waals surface area contributed by atoms with E-state index in [-0.39, 0.29) is 10.8 Å². The molecule has 0 amide bonds. The van der Waals surface area contributed by atoms with Crippen molar-refractivity contribution in [3.8, 4) is 0 Å². The summed E-state index contributed by atoms with van der Waals surface area (Å²) in [5.41, 5.74) is 0.414. The van der Waals surface area contributed by atoms with Crippen molar-refractivity contribution < 1.29 is 0 Å². The van der Waals surface area contributed by atoms with Crippen molar-refractivity contribution in [2.75, 3.05) is 0 Å². The molecule has 1 nitrogen and oxygen atoms in total.